The van der Waals surface area contributed by atoms with E-state index < -0.39 is 0 Å². The monoisotopic (exact) mass is 486 g/mol. The zero-order valence-corrected chi connectivity index (χ0v) is 19.6. The fourth-order valence-electron chi connectivity index (χ4n) is 4.48. The van der Waals surface area contributed by atoms with Crippen LogP contribution in [0, 0.1) is 17.7 Å². The summed E-state index contributed by atoms with van der Waals surface area (Å²) in [6.07, 6.45) is 4.84. The van der Waals surface area contributed by atoms with E-state index in [9.17, 15) is 4.39 Å². The first-order valence-corrected chi connectivity index (χ1v) is 11.6. The van der Waals surface area contributed by atoms with Crippen molar-refractivity contribution in [2.75, 3.05) is 43.4 Å². The molecule has 0 bridgehead atoms. The van der Waals surface area contributed by atoms with E-state index in [4.69, 9.17) is 10.2 Å². The van der Waals surface area contributed by atoms with Crippen molar-refractivity contribution < 1.29 is 8.81 Å². The van der Waals surface area contributed by atoms with E-state index >= 15 is 0 Å². The molecule has 0 saturated carbocycles. The number of nitrogens with two attached hydrogens (primary N) is 1. The molecule has 0 amide bonds. The molecule has 5 heterocycles. The van der Waals surface area contributed by atoms with E-state index in [1.54, 1.807) is 31.6 Å². The van der Waals surface area contributed by atoms with Gasteiger partial charge in [-0.05, 0) is 31.0 Å². The molecule has 4 aromatic heterocycles. The SMILES string of the molecule is CC#Cc1nc2c3ncn(CCN4CCN(c5cc(-c6ncco6)ccc5F)CC4)c3nc(N)n2n1. The quantitative estimate of drug-likeness (QED) is 0.372. The molecule has 0 atom stereocenters. The number of rotatable bonds is 5. The number of fused-ring (bicyclic) bond motifs is 3. The van der Waals surface area contributed by atoms with Gasteiger partial charge in [-0.3, -0.25) is 4.90 Å². The topological polar surface area (TPSA) is 119 Å². The number of hydrogen-bond acceptors (Lipinski definition) is 9. The normalized spacial score (nSPS) is 14.4. The van der Waals surface area contributed by atoms with Crippen LogP contribution in [0.1, 0.15) is 12.7 Å². The Kier molecular flexibility index (Phi) is 5.46. The molecule has 0 aliphatic carbocycles. The third-order valence-electron chi connectivity index (χ3n) is 6.30. The largest absolute Gasteiger partial charge is 0.445 e. The van der Waals surface area contributed by atoms with Gasteiger partial charge in [-0.15, -0.1) is 5.10 Å². The molecule has 0 unspecified atom stereocenters. The minimum Gasteiger partial charge on any atom is -0.445 e. The molecular formula is C24H23FN10O. The summed E-state index contributed by atoms with van der Waals surface area (Å²) in [5.74, 6) is 6.48. The molecule has 182 valence electrons. The van der Waals surface area contributed by atoms with Crippen LogP contribution in [0.15, 0.2) is 41.4 Å². The second kappa shape index (κ2) is 8.94. The van der Waals surface area contributed by atoms with Gasteiger partial charge in [-0.1, -0.05) is 5.92 Å². The third-order valence-corrected chi connectivity index (χ3v) is 6.30. The molecule has 1 aliphatic heterocycles. The number of nitrogens with zero attached hydrogens (tertiary/aromatic N) is 9. The smallest absolute Gasteiger partial charge is 0.226 e. The van der Waals surface area contributed by atoms with Gasteiger partial charge in [-0.2, -0.15) is 14.5 Å². The number of hydrogen-bond donors (Lipinski definition) is 1. The average molecular weight is 487 g/mol. The maximum Gasteiger partial charge on any atom is 0.226 e. The van der Waals surface area contributed by atoms with Crippen LogP contribution in [0.5, 0.6) is 0 Å². The Hall–Kier alpha value is -4.50. The Bertz CT molecular complexity index is 1600. The highest BCUT2D eigenvalue weighted by molar-refractivity contribution is 5.86. The summed E-state index contributed by atoms with van der Waals surface area (Å²) in [7, 11) is 0. The highest BCUT2D eigenvalue weighted by atomic mass is 19.1. The van der Waals surface area contributed by atoms with Gasteiger partial charge in [0, 0.05) is 44.8 Å². The van der Waals surface area contributed by atoms with Gasteiger partial charge in [0.1, 0.15) is 12.1 Å². The van der Waals surface area contributed by atoms with Crippen molar-refractivity contribution in [2.24, 2.45) is 0 Å². The summed E-state index contributed by atoms with van der Waals surface area (Å²) in [6.45, 7) is 6.24. The van der Waals surface area contributed by atoms with Crippen LogP contribution < -0.4 is 10.6 Å². The number of imidazole rings is 1. The van der Waals surface area contributed by atoms with Gasteiger partial charge >= 0.3 is 0 Å². The van der Waals surface area contributed by atoms with Crippen molar-refractivity contribution in [1.82, 2.24) is 39.0 Å². The lowest BCUT2D eigenvalue weighted by Gasteiger charge is -2.36. The summed E-state index contributed by atoms with van der Waals surface area (Å²) in [5, 5.41) is 4.29. The summed E-state index contributed by atoms with van der Waals surface area (Å²) in [5.41, 5.74) is 9.28. The summed E-state index contributed by atoms with van der Waals surface area (Å²) >= 11 is 0. The molecule has 1 fully saturated rings. The Labute approximate surface area is 205 Å². The summed E-state index contributed by atoms with van der Waals surface area (Å²) in [6, 6.07) is 4.95. The Morgan fingerprint density at radius 1 is 1.08 bits per heavy atom. The standard InChI is InChI=1S/C24H23FN10O/c1-2-3-19-29-22-20-21(30-24(26)35(22)31-19)34(15-28-20)12-9-32-7-10-33(11-8-32)18-14-16(4-5-17(18)25)23-27-6-13-36-23/h4-6,13-15H,7-12H2,1H3,(H2,26,30). The van der Waals surface area contributed by atoms with Crippen molar-refractivity contribution >= 4 is 28.4 Å². The maximum atomic E-state index is 14.6. The minimum absolute atomic E-state index is 0.235. The van der Waals surface area contributed by atoms with Crippen LogP contribution in [0.25, 0.3) is 28.3 Å². The highest BCUT2D eigenvalue weighted by Gasteiger charge is 2.21. The predicted molar refractivity (Wildman–Crippen MR) is 132 cm³/mol. The van der Waals surface area contributed by atoms with Gasteiger partial charge < -0.3 is 19.6 Å². The van der Waals surface area contributed by atoms with Crippen LogP contribution in [0.3, 0.4) is 0 Å². The second-order valence-electron chi connectivity index (χ2n) is 8.46. The molecule has 1 aliphatic rings. The molecule has 1 aromatic carbocycles. The number of aromatic nitrogens is 7. The van der Waals surface area contributed by atoms with E-state index in [2.05, 4.69) is 46.7 Å². The lowest BCUT2D eigenvalue weighted by Crippen LogP contribution is -2.47. The molecule has 0 radical (unpaired) electrons. The molecule has 2 N–H and O–H groups in total. The van der Waals surface area contributed by atoms with Gasteiger partial charge in [0.2, 0.25) is 17.7 Å². The zero-order valence-electron chi connectivity index (χ0n) is 19.6. The fourth-order valence-corrected chi connectivity index (χ4v) is 4.48. The first-order chi connectivity index (χ1) is 17.6. The average Bonchev–Trinajstić information content (AvgIpc) is 3.64. The van der Waals surface area contributed by atoms with Crippen LogP contribution in [0.4, 0.5) is 16.0 Å². The van der Waals surface area contributed by atoms with E-state index in [0.717, 1.165) is 25.2 Å². The van der Waals surface area contributed by atoms with Crippen molar-refractivity contribution in [2.45, 2.75) is 13.5 Å². The molecule has 12 heteroatoms. The van der Waals surface area contributed by atoms with Gasteiger partial charge in [0.05, 0.1) is 18.2 Å². The predicted octanol–water partition coefficient (Wildman–Crippen LogP) is 2.04. The molecule has 1 saturated heterocycles. The van der Waals surface area contributed by atoms with E-state index in [1.165, 1.54) is 16.8 Å². The first-order valence-electron chi connectivity index (χ1n) is 11.6. The number of oxazole rings is 1. The van der Waals surface area contributed by atoms with Crippen LogP contribution in [0.2, 0.25) is 0 Å². The van der Waals surface area contributed by atoms with Crippen molar-refractivity contribution in [3.8, 4) is 23.3 Å². The lowest BCUT2D eigenvalue weighted by atomic mass is 10.1. The van der Waals surface area contributed by atoms with Crippen LogP contribution in [-0.2, 0) is 6.54 Å². The molecule has 5 aromatic rings. The zero-order chi connectivity index (χ0) is 24.6. The van der Waals surface area contributed by atoms with E-state index in [-0.39, 0.29) is 11.8 Å². The van der Waals surface area contributed by atoms with Gasteiger partial charge in [-0.25, -0.2) is 14.4 Å². The third kappa shape index (κ3) is 3.89. The number of benzene rings is 1. The molecule has 0 spiro atoms. The summed E-state index contributed by atoms with van der Waals surface area (Å²) in [4.78, 5) is 22.0. The Morgan fingerprint density at radius 3 is 2.72 bits per heavy atom. The number of piperazine rings is 1. The van der Waals surface area contributed by atoms with E-state index in [0.29, 0.717) is 53.8 Å². The van der Waals surface area contributed by atoms with Crippen molar-refractivity contribution in [1.29, 1.82) is 0 Å². The highest BCUT2D eigenvalue weighted by Crippen LogP contribution is 2.27. The van der Waals surface area contributed by atoms with Gasteiger partial charge in [0.15, 0.2) is 16.8 Å². The Balaban J connectivity index is 1.14. The van der Waals surface area contributed by atoms with Gasteiger partial charge in [0.25, 0.3) is 0 Å². The number of halogens is 1. The lowest BCUT2D eigenvalue weighted by molar-refractivity contribution is 0.248. The van der Waals surface area contributed by atoms with Crippen molar-refractivity contribution in [3.63, 3.8) is 0 Å². The van der Waals surface area contributed by atoms with E-state index in [1.807, 2.05) is 4.57 Å². The molecule has 36 heavy (non-hydrogen) atoms. The number of nitrogen functional groups attached to an aromatic ring is 1. The maximum absolute atomic E-state index is 14.6. The fraction of sp³-hybridized carbons (Fsp3) is 0.292. The molecular weight excluding hydrogens is 463 g/mol. The minimum atomic E-state index is -0.250. The van der Waals surface area contributed by atoms with Crippen molar-refractivity contribution in [3.05, 3.63) is 48.6 Å². The molecule has 6 rings (SSSR count). The molecule has 11 nitrogen and oxygen atoms in total. The second-order valence-corrected chi connectivity index (χ2v) is 8.46. The number of anilines is 2. The first kappa shape index (κ1) is 22.0. The van der Waals surface area contributed by atoms with Crippen LogP contribution >= 0.6 is 0 Å². The summed E-state index contributed by atoms with van der Waals surface area (Å²) < 4.78 is 23.4. The van der Waals surface area contributed by atoms with Crippen LogP contribution in [-0.4, -0.2) is 71.7 Å². The Morgan fingerprint density at radius 2 is 1.94 bits per heavy atom.